The lowest BCUT2D eigenvalue weighted by Gasteiger charge is -2.35. The van der Waals surface area contributed by atoms with E-state index in [2.05, 4.69) is 25.9 Å². The molecule has 1 aliphatic rings. The summed E-state index contributed by atoms with van der Waals surface area (Å²) in [6.07, 6.45) is 2.36. The van der Waals surface area contributed by atoms with Crippen molar-refractivity contribution in [1.29, 1.82) is 0 Å². The Morgan fingerprint density at radius 2 is 1.96 bits per heavy atom. The number of aryl methyl sites for hydroxylation is 1. The molecular weight excluding hydrogens is 342 g/mol. The van der Waals surface area contributed by atoms with Crippen LogP contribution in [0.15, 0.2) is 36.5 Å². The van der Waals surface area contributed by atoms with E-state index in [1.807, 2.05) is 42.3 Å². The Labute approximate surface area is 158 Å². The molecule has 0 aliphatic carbocycles. The Bertz CT molecular complexity index is 960. The van der Waals surface area contributed by atoms with Gasteiger partial charge in [0.2, 0.25) is 11.8 Å². The molecule has 0 radical (unpaired) electrons. The summed E-state index contributed by atoms with van der Waals surface area (Å²) in [6, 6.07) is 9.92. The first-order valence-electron chi connectivity index (χ1n) is 9.11. The molecule has 1 saturated heterocycles. The number of para-hydroxylation sites is 1. The molecule has 2 aromatic heterocycles. The third-order valence-corrected chi connectivity index (χ3v) is 4.98. The fourth-order valence-corrected chi connectivity index (χ4v) is 3.53. The summed E-state index contributed by atoms with van der Waals surface area (Å²) in [5.74, 6) is 2.26. The number of ether oxygens (including phenoxy) is 1. The van der Waals surface area contributed by atoms with Crippen molar-refractivity contribution in [3.8, 4) is 5.88 Å². The number of nitrogens with zero attached hydrogens (tertiary/aromatic N) is 4. The van der Waals surface area contributed by atoms with E-state index in [1.54, 1.807) is 7.11 Å². The zero-order valence-electron chi connectivity index (χ0n) is 15.6. The third kappa shape index (κ3) is 3.58. The number of hydrogen-bond donors (Lipinski definition) is 1. The molecule has 0 unspecified atom stereocenters. The van der Waals surface area contributed by atoms with Gasteiger partial charge < -0.3 is 19.5 Å². The van der Waals surface area contributed by atoms with Crippen molar-refractivity contribution in [2.24, 2.45) is 0 Å². The van der Waals surface area contributed by atoms with Gasteiger partial charge in [-0.1, -0.05) is 18.2 Å². The van der Waals surface area contributed by atoms with Crippen LogP contribution >= 0.6 is 0 Å². The number of fused-ring (bicyclic) bond motifs is 1. The molecule has 0 bridgehead atoms. The Balaban J connectivity index is 1.40. The summed E-state index contributed by atoms with van der Waals surface area (Å²) >= 11 is 0. The van der Waals surface area contributed by atoms with Crippen molar-refractivity contribution in [2.75, 3.05) is 38.2 Å². The minimum atomic E-state index is 0.163. The number of piperazine rings is 1. The molecule has 0 spiro atoms. The first kappa shape index (κ1) is 17.3. The Morgan fingerprint density at radius 1 is 1.19 bits per heavy atom. The SMILES string of the molecule is COc1cc(N2CCN(C(=O)Cc3c[nH]c4ccccc34)CC2)nc(C)n1. The first-order chi connectivity index (χ1) is 13.1. The van der Waals surface area contributed by atoms with Crippen molar-refractivity contribution in [2.45, 2.75) is 13.3 Å². The summed E-state index contributed by atoms with van der Waals surface area (Å²) in [7, 11) is 1.60. The van der Waals surface area contributed by atoms with E-state index in [0.717, 1.165) is 35.4 Å². The van der Waals surface area contributed by atoms with Crippen molar-refractivity contribution in [1.82, 2.24) is 19.9 Å². The van der Waals surface area contributed by atoms with E-state index < -0.39 is 0 Å². The molecule has 140 valence electrons. The number of carbonyl (C=O) groups excluding carboxylic acids is 1. The van der Waals surface area contributed by atoms with Crippen LogP contribution in [0.5, 0.6) is 5.88 Å². The average molecular weight is 365 g/mol. The average Bonchev–Trinajstić information content (AvgIpc) is 3.10. The number of H-pyrrole nitrogens is 1. The standard InChI is InChI=1S/C20H23N5O2/c1-14-22-18(12-19(23-14)27-2)24-7-9-25(10-8-24)20(26)11-15-13-21-17-6-4-3-5-16(15)17/h3-6,12-13,21H,7-11H2,1-2H3. The predicted molar refractivity (Wildman–Crippen MR) is 104 cm³/mol. The summed E-state index contributed by atoms with van der Waals surface area (Å²) in [6.45, 7) is 4.73. The number of benzene rings is 1. The Kier molecular flexibility index (Phi) is 4.66. The van der Waals surface area contributed by atoms with Crippen molar-refractivity contribution >= 4 is 22.6 Å². The summed E-state index contributed by atoms with van der Waals surface area (Å²) in [5.41, 5.74) is 2.12. The van der Waals surface area contributed by atoms with Gasteiger partial charge in [0.1, 0.15) is 11.6 Å². The van der Waals surface area contributed by atoms with E-state index in [9.17, 15) is 4.79 Å². The number of rotatable bonds is 4. The molecule has 1 aliphatic heterocycles. The minimum Gasteiger partial charge on any atom is -0.481 e. The molecule has 4 rings (SSSR count). The van der Waals surface area contributed by atoms with E-state index in [1.165, 1.54) is 0 Å². The predicted octanol–water partition coefficient (Wildman–Crippen LogP) is 2.17. The number of methoxy groups -OCH3 is 1. The third-order valence-electron chi connectivity index (χ3n) is 4.98. The van der Waals surface area contributed by atoms with Gasteiger partial charge in [-0.05, 0) is 18.6 Å². The van der Waals surface area contributed by atoms with E-state index in [4.69, 9.17) is 4.74 Å². The van der Waals surface area contributed by atoms with Gasteiger partial charge >= 0.3 is 0 Å². The minimum absolute atomic E-state index is 0.163. The van der Waals surface area contributed by atoms with Crippen LogP contribution in [-0.4, -0.2) is 59.0 Å². The summed E-state index contributed by atoms with van der Waals surface area (Å²) < 4.78 is 5.23. The second kappa shape index (κ2) is 7.26. The summed E-state index contributed by atoms with van der Waals surface area (Å²) in [4.78, 5) is 28.8. The zero-order chi connectivity index (χ0) is 18.8. The highest BCUT2D eigenvalue weighted by Crippen LogP contribution is 2.21. The first-order valence-corrected chi connectivity index (χ1v) is 9.11. The lowest BCUT2D eigenvalue weighted by molar-refractivity contribution is -0.130. The van der Waals surface area contributed by atoms with Crippen LogP contribution < -0.4 is 9.64 Å². The number of carbonyl (C=O) groups is 1. The van der Waals surface area contributed by atoms with Gasteiger partial charge in [-0.3, -0.25) is 4.79 Å². The van der Waals surface area contributed by atoms with Crippen LogP contribution in [0.25, 0.3) is 10.9 Å². The molecule has 1 aromatic carbocycles. The second-order valence-electron chi connectivity index (χ2n) is 6.72. The van der Waals surface area contributed by atoms with Crippen molar-refractivity contribution in [3.63, 3.8) is 0 Å². The number of nitrogens with one attached hydrogen (secondary N) is 1. The number of aromatic nitrogens is 3. The highest BCUT2D eigenvalue weighted by molar-refractivity contribution is 5.89. The molecule has 3 aromatic rings. The highest BCUT2D eigenvalue weighted by Gasteiger charge is 2.23. The topological polar surface area (TPSA) is 74.3 Å². The van der Waals surface area contributed by atoms with E-state index in [0.29, 0.717) is 31.2 Å². The van der Waals surface area contributed by atoms with Crippen LogP contribution in [0.4, 0.5) is 5.82 Å². The molecule has 7 heteroatoms. The molecule has 27 heavy (non-hydrogen) atoms. The van der Waals surface area contributed by atoms with Crippen LogP contribution in [0, 0.1) is 6.92 Å². The fourth-order valence-electron chi connectivity index (χ4n) is 3.53. The molecule has 1 N–H and O–H groups in total. The van der Waals surface area contributed by atoms with Gasteiger partial charge in [0.15, 0.2) is 0 Å². The zero-order valence-corrected chi connectivity index (χ0v) is 15.6. The van der Waals surface area contributed by atoms with Gasteiger partial charge in [-0.25, -0.2) is 4.98 Å². The number of hydrogen-bond acceptors (Lipinski definition) is 5. The monoisotopic (exact) mass is 365 g/mol. The Hall–Kier alpha value is -3.09. The normalized spacial score (nSPS) is 14.6. The van der Waals surface area contributed by atoms with E-state index >= 15 is 0 Å². The number of anilines is 1. The molecular formula is C20H23N5O2. The molecule has 0 saturated carbocycles. The molecule has 0 atom stereocenters. The second-order valence-corrected chi connectivity index (χ2v) is 6.72. The van der Waals surface area contributed by atoms with Crippen LogP contribution in [0.3, 0.4) is 0 Å². The van der Waals surface area contributed by atoms with Crippen LogP contribution in [-0.2, 0) is 11.2 Å². The van der Waals surface area contributed by atoms with Gasteiger partial charge in [0, 0.05) is 49.3 Å². The molecule has 7 nitrogen and oxygen atoms in total. The lowest BCUT2D eigenvalue weighted by Crippen LogP contribution is -2.49. The smallest absolute Gasteiger partial charge is 0.227 e. The van der Waals surface area contributed by atoms with Crippen molar-refractivity contribution in [3.05, 3.63) is 47.9 Å². The number of amides is 1. The number of aromatic amines is 1. The maximum absolute atomic E-state index is 12.8. The van der Waals surface area contributed by atoms with E-state index in [-0.39, 0.29) is 5.91 Å². The van der Waals surface area contributed by atoms with Gasteiger partial charge in [0.05, 0.1) is 13.5 Å². The largest absolute Gasteiger partial charge is 0.481 e. The van der Waals surface area contributed by atoms with Gasteiger partial charge in [-0.2, -0.15) is 4.98 Å². The quantitative estimate of drug-likeness (QED) is 0.767. The lowest BCUT2D eigenvalue weighted by atomic mass is 10.1. The summed E-state index contributed by atoms with van der Waals surface area (Å²) in [5, 5.41) is 1.12. The highest BCUT2D eigenvalue weighted by atomic mass is 16.5. The Morgan fingerprint density at radius 3 is 2.74 bits per heavy atom. The molecule has 1 amide bonds. The molecule has 1 fully saturated rings. The van der Waals surface area contributed by atoms with Gasteiger partial charge in [-0.15, -0.1) is 0 Å². The fraction of sp³-hybridized carbons (Fsp3) is 0.350. The maximum Gasteiger partial charge on any atom is 0.227 e. The maximum atomic E-state index is 12.8. The molecule has 3 heterocycles. The van der Waals surface area contributed by atoms with Gasteiger partial charge in [0.25, 0.3) is 0 Å². The van der Waals surface area contributed by atoms with Crippen LogP contribution in [0.1, 0.15) is 11.4 Å². The van der Waals surface area contributed by atoms with Crippen molar-refractivity contribution < 1.29 is 9.53 Å². The van der Waals surface area contributed by atoms with Crippen LogP contribution in [0.2, 0.25) is 0 Å².